The second kappa shape index (κ2) is 7.01. The van der Waals surface area contributed by atoms with E-state index in [1.54, 1.807) is 6.20 Å². The second-order valence-corrected chi connectivity index (χ2v) is 5.50. The van der Waals surface area contributed by atoms with Gasteiger partial charge in [0.15, 0.2) is 0 Å². The van der Waals surface area contributed by atoms with Crippen molar-refractivity contribution in [3.8, 4) is 0 Å². The summed E-state index contributed by atoms with van der Waals surface area (Å²) in [7, 11) is 0. The molecule has 1 saturated carbocycles. The van der Waals surface area contributed by atoms with Crippen molar-refractivity contribution in [1.82, 2.24) is 4.98 Å². The normalized spacial score (nSPS) is 20.2. The lowest BCUT2D eigenvalue weighted by Crippen LogP contribution is -2.32. The van der Waals surface area contributed by atoms with Crippen molar-refractivity contribution in [3.63, 3.8) is 0 Å². The number of hydrogen-bond acceptors (Lipinski definition) is 3. The third-order valence-electron chi connectivity index (χ3n) is 4.06. The lowest BCUT2D eigenvalue weighted by Gasteiger charge is -2.33. The summed E-state index contributed by atoms with van der Waals surface area (Å²) in [6.45, 7) is 4.60. The van der Waals surface area contributed by atoms with Crippen molar-refractivity contribution in [2.45, 2.75) is 58.2 Å². The first kappa shape index (κ1) is 14.5. The minimum atomic E-state index is -0.559. The van der Waals surface area contributed by atoms with Crippen LogP contribution in [0, 0.1) is 12.8 Å². The Bertz CT molecular complexity index is 371. The van der Waals surface area contributed by atoms with Gasteiger partial charge in [-0.3, -0.25) is 4.98 Å². The maximum atomic E-state index is 10.6. The van der Waals surface area contributed by atoms with Crippen LogP contribution in [0.2, 0.25) is 0 Å². The molecule has 1 aromatic rings. The zero-order valence-corrected chi connectivity index (χ0v) is 12.0. The van der Waals surface area contributed by atoms with Gasteiger partial charge in [-0.1, -0.05) is 25.3 Å². The van der Waals surface area contributed by atoms with Crippen molar-refractivity contribution in [3.05, 3.63) is 29.6 Å². The van der Waals surface area contributed by atoms with Crippen LogP contribution in [0.1, 0.15) is 56.4 Å². The molecule has 0 bridgehead atoms. The molecular formula is C16H25NO2. The van der Waals surface area contributed by atoms with Gasteiger partial charge < -0.3 is 9.84 Å². The molecule has 3 heteroatoms. The molecule has 0 aromatic carbocycles. The quantitative estimate of drug-likeness (QED) is 0.885. The number of aromatic nitrogens is 1. The molecule has 1 aliphatic rings. The maximum Gasteiger partial charge on any atom is 0.107 e. The molecule has 1 heterocycles. The zero-order valence-electron chi connectivity index (χ0n) is 12.0. The van der Waals surface area contributed by atoms with Crippen LogP contribution in [-0.4, -0.2) is 22.8 Å². The Hall–Kier alpha value is -0.930. The van der Waals surface area contributed by atoms with Crippen LogP contribution < -0.4 is 0 Å². The average Bonchev–Trinajstić information content (AvgIpc) is 2.46. The summed E-state index contributed by atoms with van der Waals surface area (Å²) in [6, 6.07) is 3.91. The van der Waals surface area contributed by atoms with Crippen molar-refractivity contribution in [1.29, 1.82) is 0 Å². The predicted molar refractivity (Wildman–Crippen MR) is 75.9 cm³/mol. The number of aliphatic hydroxyl groups excluding tert-OH is 1. The van der Waals surface area contributed by atoms with Crippen LogP contribution in [0.25, 0.3) is 0 Å². The Morgan fingerprint density at radius 3 is 2.63 bits per heavy atom. The fourth-order valence-corrected chi connectivity index (χ4v) is 2.98. The highest BCUT2D eigenvalue weighted by atomic mass is 16.5. The van der Waals surface area contributed by atoms with Gasteiger partial charge in [-0.25, -0.2) is 0 Å². The van der Waals surface area contributed by atoms with E-state index in [4.69, 9.17) is 4.74 Å². The van der Waals surface area contributed by atoms with Crippen LogP contribution in [0.15, 0.2) is 18.3 Å². The van der Waals surface area contributed by atoms with Gasteiger partial charge in [0.2, 0.25) is 0 Å². The molecule has 19 heavy (non-hydrogen) atoms. The first-order chi connectivity index (χ1) is 9.22. The van der Waals surface area contributed by atoms with Crippen LogP contribution in [-0.2, 0) is 4.74 Å². The Morgan fingerprint density at radius 1 is 1.32 bits per heavy atom. The van der Waals surface area contributed by atoms with E-state index < -0.39 is 6.10 Å². The van der Waals surface area contributed by atoms with Crippen molar-refractivity contribution >= 4 is 0 Å². The summed E-state index contributed by atoms with van der Waals surface area (Å²) >= 11 is 0. The van der Waals surface area contributed by atoms with Crippen LogP contribution in [0.5, 0.6) is 0 Å². The Labute approximate surface area is 116 Å². The molecule has 1 fully saturated rings. The third-order valence-corrected chi connectivity index (χ3v) is 4.06. The first-order valence-corrected chi connectivity index (χ1v) is 7.44. The van der Waals surface area contributed by atoms with E-state index in [0.29, 0.717) is 12.5 Å². The second-order valence-electron chi connectivity index (χ2n) is 5.50. The summed E-state index contributed by atoms with van der Waals surface area (Å²) in [5.41, 5.74) is 1.84. The number of aliphatic hydroxyl groups is 1. The monoisotopic (exact) mass is 263 g/mol. The Morgan fingerprint density at radius 2 is 2.05 bits per heavy atom. The predicted octanol–water partition coefficient (Wildman–Crippen LogP) is 3.41. The summed E-state index contributed by atoms with van der Waals surface area (Å²) in [4.78, 5) is 4.27. The molecular weight excluding hydrogens is 238 g/mol. The molecule has 0 saturated heterocycles. The smallest absolute Gasteiger partial charge is 0.107 e. The van der Waals surface area contributed by atoms with E-state index in [9.17, 15) is 5.11 Å². The van der Waals surface area contributed by atoms with Gasteiger partial charge in [0.25, 0.3) is 0 Å². The summed E-state index contributed by atoms with van der Waals surface area (Å²) in [5, 5.41) is 10.6. The van der Waals surface area contributed by atoms with E-state index in [1.807, 2.05) is 26.0 Å². The lowest BCUT2D eigenvalue weighted by atomic mass is 9.82. The maximum absolute atomic E-state index is 10.6. The molecule has 1 aromatic heterocycles. The molecule has 0 radical (unpaired) electrons. The van der Waals surface area contributed by atoms with Crippen LogP contribution >= 0.6 is 0 Å². The number of pyridine rings is 1. The van der Waals surface area contributed by atoms with Gasteiger partial charge in [0.1, 0.15) is 6.10 Å². The Kier molecular flexibility index (Phi) is 5.34. The topological polar surface area (TPSA) is 42.4 Å². The van der Waals surface area contributed by atoms with Gasteiger partial charge in [0, 0.05) is 24.1 Å². The molecule has 1 aliphatic carbocycles. The minimum absolute atomic E-state index is 0.0881. The zero-order chi connectivity index (χ0) is 13.7. The number of ether oxygens (including phenoxy) is 1. The van der Waals surface area contributed by atoms with E-state index in [0.717, 1.165) is 11.3 Å². The van der Waals surface area contributed by atoms with Gasteiger partial charge in [-0.2, -0.15) is 0 Å². The number of aryl methyl sites for hydroxylation is 1. The van der Waals surface area contributed by atoms with E-state index in [2.05, 4.69) is 4.98 Å². The van der Waals surface area contributed by atoms with E-state index in [-0.39, 0.29) is 6.10 Å². The van der Waals surface area contributed by atoms with Gasteiger partial charge in [-0.05, 0) is 38.7 Å². The molecule has 0 amide bonds. The fraction of sp³-hybridized carbons (Fsp3) is 0.688. The summed E-state index contributed by atoms with van der Waals surface area (Å²) in [6.07, 6.45) is 7.29. The molecule has 2 atom stereocenters. The molecule has 2 unspecified atom stereocenters. The molecule has 3 nitrogen and oxygen atoms in total. The number of nitrogens with zero attached hydrogens (tertiary/aromatic N) is 1. The summed E-state index contributed by atoms with van der Waals surface area (Å²) < 4.78 is 5.85. The van der Waals surface area contributed by atoms with Gasteiger partial charge in [0.05, 0.1) is 6.10 Å². The van der Waals surface area contributed by atoms with Gasteiger partial charge in [-0.15, -0.1) is 0 Å². The Balaban J connectivity index is 2.10. The number of rotatable bonds is 5. The number of hydrogen-bond donors (Lipinski definition) is 1. The van der Waals surface area contributed by atoms with Crippen LogP contribution in [0.4, 0.5) is 0 Å². The van der Waals surface area contributed by atoms with E-state index in [1.165, 1.54) is 32.1 Å². The highest BCUT2D eigenvalue weighted by Crippen LogP contribution is 2.34. The van der Waals surface area contributed by atoms with Crippen molar-refractivity contribution < 1.29 is 9.84 Å². The highest BCUT2D eigenvalue weighted by Gasteiger charge is 2.31. The molecule has 0 aliphatic heterocycles. The third kappa shape index (κ3) is 3.77. The summed E-state index contributed by atoms with van der Waals surface area (Å²) in [5.74, 6) is 0.477. The minimum Gasteiger partial charge on any atom is -0.386 e. The largest absolute Gasteiger partial charge is 0.386 e. The fourth-order valence-electron chi connectivity index (χ4n) is 2.98. The highest BCUT2D eigenvalue weighted by molar-refractivity contribution is 5.17. The molecule has 0 spiro atoms. The van der Waals surface area contributed by atoms with E-state index >= 15 is 0 Å². The lowest BCUT2D eigenvalue weighted by molar-refractivity contribution is -0.0740. The molecule has 2 rings (SSSR count). The van der Waals surface area contributed by atoms with Crippen LogP contribution in [0.3, 0.4) is 0 Å². The van der Waals surface area contributed by atoms with Crippen molar-refractivity contribution in [2.24, 2.45) is 5.92 Å². The van der Waals surface area contributed by atoms with Gasteiger partial charge >= 0.3 is 0 Å². The standard InChI is InChI=1S/C16H25NO2/c1-3-19-16(13-7-5-4-6-8-13)15(18)14-10-9-12(2)17-11-14/h9-11,13,15-16,18H,3-8H2,1-2H3. The SMILES string of the molecule is CCOC(C1CCCCC1)C(O)c1ccc(C)nc1. The average molecular weight is 263 g/mol. The molecule has 106 valence electrons. The first-order valence-electron chi connectivity index (χ1n) is 7.44. The van der Waals surface area contributed by atoms with Crippen molar-refractivity contribution in [2.75, 3.05) is 6.61 Å². The molecule has 1 N–H and O–H groups in total.